The van der Waals surface area contributed by atoms with Gasteiger partial charge in [0.05, 0.1) is 21.7 Å². The van der Waals surface area contributed by atoms with E-state index in [9.17, 15) is 4.79 Å². The van der Waals surface area contributed by atoms with E-state index >= 15 is 0 Å². The SMILES string of the molecule is CCOc1cc(Cl)c(C(=O)c2ccc(N)cc2Cl)cc1Cl. The molecule has 0 atom stereocenters. The van der Waals surface area contributed by atoms with E-state index in [1.807, 2.05) is 6.92 Å². The predicted molar refractivity (Wildman–Crippen MR) is 86.9 cm³/mol. The van der Waals surface area contributed by atoms with Crippen molar-refractivity contribution in [1.82, 2.24) is 0 Å². The van der Waals surface area contributed by atoms with Crippen LogP contribution in [0, 0.1) is 0 Å². The summed E-state index contributed by atoms with van der Waals surface area (Å²) in [5, 5.41) is 0.831. The lowest BCUT2D eigenvalue weighted by Crippen LogP contribution is -2.04. The Morgan fingerprint density at radius 3 is 2.33 bits per heavy atom. The van der Waals surface area contributed by atoms with Crippen molar-refractivity contribution in [3.63, 3.8) is 0 Å². The highest BCUT2D eigenvalue weighted by Crippen LogP contribution is 2.33. The molecule has 0 unspecified atom stereocenters. The molecule has 2 aromatic carbocycles. The third-order valence-corrected chi connectivity index (χ3v) is 3.72. The summed E-state index contributed by atoms with van der Waals surface area (Å²) in [6.07, 6.45) is 0. The molecule has 0 aliphatic carbocycles. The summed E-state index contributed by atoms with van der Waals surface area (Å²) < 4.78 is 5.33. The lowest BCUT2D eigenvalue weighted by atomic mass is 10.0. The molecule has 0 heterocycles. The first-order valence-electron chi connectivity index (χ1n) is 6.15. The normalized spacial score (nSPS) is 10.5. The minimum atomic E-state index is -0.324. The maximum absolute atomic E-state index is 12.5. The molecule has 0 aliphatic heterocycles. The Kier molecular flexibility index (Phi) is 4.99. The summed E-state index contributed by atoms with van der Waals surface area (Å²) in [5.41, 5.74) is 6.67. The van der Waals surface area contributed by atoms with Crippen LogP contribution in [0.15, 0.2) is 30.3 Å². The zero-order chi connectivity index (χ0) is 15.6. The van der Waals surface area contributed by atoms with Gasteiger partial charge in [0.25, 0.3) is 0 Å². The number of nitrogen functional groups attached to an aromatic ring is 1. The van der Waals surface area contributed by atoms with Gasteiger partial charge in [0.2, 0.25) is 0 Å². The summed E-state index contributed by atoms with van der Waals surface area (Å²) in [7, 11) is 0. The van der Waals surface area contributed by atoms with E-state index in [-0.39, 0.29) is 21.4 Å². The van der Waals surface area contributed by atoms with Crippen molar-refractivity contribution in [3.05, 3.63) is 56.5 Å². The Balaban J connectivity index is 2.46. The standard InChI is InChI=1S/C15H12Cl3NO2/c1-2-21-14-7-12(17)10(6-13(14)18)15(20)9-4-3-8(19)5-11(9)16/h3-7H,2,19H2,1H3. The number of carbonyl (C=O) groups is 1. The minimum absolute atomic E-state index is 0.251. The molecular formula is C15H12Cl3NO2. The van der Waals surface area contributed by atoms with Gasteiger partial charge in [-0.05, 0) is 31.2 Å². The summed E-state index contributed by atoms with van der Waals surface area (Å²) in [5.74, 6) is 0.110. The Labute approximate surface area is 137 Å². The van der Waals surface area contributed by atoms with Gasteiger partial charge in [0, 0.05) is 22.9 Å². The van der Waals surface area contributed by atoms with Crippen molar-refractivity contribution in [1.29, 1.82) is 0 Å². The monoisotopic (exact) mass is 343 g/mol. The zero-order valence-corrected chi connectivity index (χ0v) is 13.4. The molecule has 110 valence electrons. The Bertz CT molecular complexity index is 702. The number of anilines is 1. The molecule has 2 rings (SSSR count). The highest BCUT2D eigenvalue weighted by Gasteiger charge is 2.18. The highest BCUT2D eigenvalue weighted by molar-refractivity contribution is 6.39. The summed E-state index contributed by atoms with van der Waals surface area (Å²) >= 11 is 18.3. The van der Waals surface area contributed by atoms with Crippen LogP contribution in [0.4, 0.5) is 5.69 Å². The summed E-state index contributed by atoms with van der Waals surface area (Å²) in [6, 6.07) is 7.67. The van der Waals surface area contributed by atoms with Crippen LogP contribution >= 0.6 is 34.8 Å². The largest absolute Gasteiger partial charge is 0.492 e. The molecular weight excluding hydrogens is 333 g/mol. The number of rotatable bonds is 4. The van der Waals surface area contributed by atoms with Gasteiger partial charge in [-0.25, -0.2) is 0 Å². The maximum atomic E-state index is 12.5. The van der Waals surface area contributed by atoms with Crippen molar-refractivity contribution in [3.8, 4) is 5.75 Å². The van der Waals surface area contributed by atoms with Crippen molar-refractivity contribution in [2.24, 2.45) is 0 Å². The number of benzene rings is 2. The van der Waals surface area contributed by atoms with Crippen LogP contribution in [0.1, 0.15) is 22.8 Å². The number of carbonyl (C=O) groups excluding carboxylic acids is 1. The van der Waals surface area contributed by atoms with Crippen molar-refractivity contribution in [2.75, 3.05) is 12.3 Å². The average molecular weight is 345 g/mol. The van der Waals surface area contributed by atoms with E-state index in [4.69, 9.17) is 45.3 Å². The summed E-state index contributed by atoms with van der Waals surface area (Å²) in [6.45, 7) is 2.28. The molecule has 0 saturated carbocycles. The number of halogens is 3. The van der Waals surface area contributed by atoms with E-state index < -0.39 is 0 Å². The molecule has 0 spiro atoms. The Morgan fingerprint density at radius 1 is 1.05 bits per heavy atom. The highest BCUT2D eigenvalue weighted by atomic mass is 35.5. The molecule has 21 heavy (non-hydrogen) atoms. The van der Waals surface area contributed by atoms with Gasteiger partial charge < -0.3 is 10.5 Å². The lowest BCUT2D eigenvalue weighted by molar-refractivity contribution is 0.103. The molecule has 0 aromatic heterocycles. The predicted octanol–water partition coefficient (Wildman–Crippen LogP) is 4.86. The van der Waals surface area contributed by atoms with Crippen LogP contribution in [0.2, 0.25) is 15.1 Å². The van der Waals surface area contributed by atoms with E-state index in [1.165, 1.54) is 18.2 Å². The Hall–Kier alpha value is -1.42. The van der Waals surface area contributed by atoms with Gasteiger partial charge in [-0.2, -0.15) is 0 Å². The van der Waals surface area contributed by atoms with Gasteiger partial charge in [-0.3, -0.25) is 4.79 Å². The first-order valence-corrected chi connectivity index (χ1v) is 7.29. The van der Waals surface area contributed by atoms with Crippen molar-refractivity contribution in [2.45, 2.75) is 6.92 Å². The van der Waals surface area contributed by atoms with Crippen LogP contribution in [0.5, 0.6) is 5.75 Å². The van der Waals surface area contributed by atoms with Crippen LogP contribution in [0.25, 0.3) is 0 Å². The first-order chi connectivity index (χ1) is 9.93. The molecule has 0 fully saturated rings. The second kappa shape index (κ2) is 6.56. The van der Waals surface area contributed by atoms with Gasteiger partial charge in [-0.1, -0.05) is 34.8 Å². The van der Waals surface area contributed by atoms with Gasteiger partial charge in [0.1, 0.15) is 5.75 Å². The molecule has 2 aromatic rings. The van der Waals surface area contributed by atoms with E-state index in [2.05, 4.69) is 0 Å². The van der Waals surface area contributed by atoms with Crippen LogP contribution in [-0.2, 0) is 0 Å². The fourth-order valence-electron chi connectivity index (χ4n) is 1.83. The van der Waals surface area contributed by atoms with E-state index in [1.54, 1.807) is 12.1 Å². The lowest BCUT2D eigenvalue weighted by Gasteiger charge is -2.10. The minimum Gasteiger partial charge on any atom is -0.492 e. The second-order valence-corrected chi connectivity index (χ2v) is 5.49. The second-order valence-electron chi connectivity index (χ2n) is 4.26. The van der Waals surface area contributed by atoms with Crippen molar-refractivity contribution >= 4 is 46.3 Å². The number of ether oxygens (including phenoxy) is 1. The fraction of sp³-hybridized carbons (Fsp3) is 0.133. The van der Waals surface area contributed by atoms with Gasteiger partial charge in [-0.15, -0.1) is 0 Å². The third kappa shape index (κ3) is 3.43. The summed E-state index contributed by atoms with van der Waals surface area (Å²) in [4.78, 5) is 12.5. The Morgan fingerprint density at radius 2 is 1.71 bits per heavy atom. The van der Waals surface area contributed by atoms with Crippen LogP contribution in [0.3, 0.4) is 0 Å². The first kappa shape index (κ1) is 16.0. The molecule has 0 aliphatic rings. The number of nitrogens with two attached hydrogens (primary N) is 1. The molecule has 0 saturated heterocycles. The van der Waals surface area contributed by atoms with Crippen LogP contribution < -0.4 is 10.5 Å². The molecule has 0 amide bonds. The third-order valence-electron chi connectivity index (χ3n) is 2.80. The zero-order valence-electron chi connectivity index (χ0n) is 11.1. The quantitative estimate of drug-likeness (QED) is 0.636. The molecule has 2 N–H and O–H groups in total. The smallest absolute Gasteiger partial charge is 0.196 e. The number of hydrogen-bond acceptors (Lipinski definition) is 3. The van der Waals surface area contributed by atoms with E-state index in [0.29, 0.717) is 28.6 Å². The number of hydrogen-bond donors (Lipinski definition) is 1. The average Bonchev–Trinajstić information content (AvgIpc) is 2.42. The molecule has 0 radical (unpaired) electrons. The number of ketones is 1. The van der Waals surface area contributed by atoms with Crippen molar-refractivity contribution < 1.29 is 9.53 Å². The van der Waals surface area contributed by atoms with E-state index in [0.717, 1.165) is 0 Å². The van der Waals surface area contributed by atoms with Crippen LogP contribution in [-0.4, -0.2) is 12.4 Å². The van der Waals surface area contributed by atoms with Gasteiger partial charge in [0.15, 0.2) is 5.78 Å². The maximum Gasteiger partial charge on any atom is 0.196 e. The molecule has 3 nitrogen and oxygen atoms in total. The van der Waals surface area contributed by atoms with Gasteiger partial charge >= 0.3 is 0 Å². The fourth-order valence-corrected chi connectivity index (χ4v) is 2.56. The topological polar surface area (TPSA) is 52.3 Å². The molecule has 0 bridgehead atoms. The molecule has 6 heteroatoms.